The zero-order valence-electron chi connectivity index (χ0n) is 11.4. The standard InChI is InChI=1S/C13H26N2O2/c1-14-12(13(16)17-3)10-15(2)11-8-6-4-5-7-9-11/h11-12,14H,4-10H2,1-3H3. The highest BCUT2D eigenvalue weighted by Gasteiger charge is 2.23. The minimum atomic E-state index is -0.215. The van der Waals surface area contributed by atoms with Crippen LogP contribution in [0.3, 0.4) is 0 Å². The van der Waals surface area contributed by atoms with Gasteiger partial charge in [-0.2, -0.15) is 0 Å². The molecule has 1 fully saturated rings. The lowest BCUT2D eigenvalue weighted by Gasteiger charge is -2.29. The maximum absolute atomic E-state index is 11.5. The molecule has 0 bridgehead atoms. The number of carbonyl (C=O) groups excluding carboxylic acids is 1. The van der Waals surface area contributed by atoms with Crippen LogP contribution in [0.25, 0.3) is 0 Å². The average Bonchev–Trinajstić information content (AvgIpc) is 2.63. The molecule has 0 heterocycles. The van der Waals surface area contributed by atoms with Gasteiger partial charge in [0.05, 0.1) is 7.11 Å². The molecule has 1 unspecified atom stereocenters. The van der Waals surface area contributed by atoms with Gasteiger partial charge in [-0.3, -0.25) is 4.79 Å². The highest BCUT2D eigenvalue weighted by Crippen LogP contribution is 2.21. The predicted octanol–water partition coefficient (Wildman–Crippen LogP) is 1.40. The first-order valence-corrected chi connectivity index (χ1v) is 6.64. The van der Waals surface area contributed by atoms with Gasteiger partial charge in [0.25, 0.3) is 0 Å². The van der Waals surface area contributed by atoms with Crippen molar-refractivity contribution in [3.63, 3.8) is 0 Å². The van der Waals surface area contributed by atoms with Crippen LogP contribution < -0.4 is 5.32 Å². The van der Waals surface area contributed by atoms with E-state index in [0.29, 0.717) is 6.04 Å². The van der Waals surface area contributed by atoms with Crippen molar-refractivity contribution >= 4 is 5.97 Å². The summed E-state index contributed by atoms with van der Waals surface area (Å²) in [4.78, 5) is 13.8. The Labute approximate surface area is 105 Å². The number of nitrogens with one attached hydrogen (secondary N) is 1. The smallest absolute Gasteiger partial charge is 0.324 e. The number of nitrogens with zero attached hydrogens (tertiary/aromatic N) is 1. The molecule has 0 aromatic rings. The first-order valence-electron chi connectivity index (χ1n) is 6.64. The topological polar surface area (TPSA) is 41.6 Å². The molecule has 0 aliphatic heterocycles. The zero-order valence-corrected chi connectivity index (χ0v) is 11.4. The van der Waals surface area contributed by atoms with Gasteiger partial charge in [-0.05, 0) is 26.9 Å². The third-order valence-corrected chi connectivity index (χ3v) is 3.75. The van der Waals surface area contributed by atoms with E-state index in [2.05, 4.69) is 17.3 Å². The van der Waals surface area contributed by atoms with E-state index in [1.807, 2.05) is 7.05 Å². The molecule has 0 aromatic carbocycles. The Bertz CT molecular complexity index is 225. The molecule has 17 heavy (non-hydrogen) atoms. The third-order valence-electron chi connectivity index (χ3n) is 3.75. The summed E-state index contributed by atoms with van der Waals surface area (Å²) in [6, 6.07) is 0.409. The number of esters is 1. The van der Waals surface area contributed by atoms with Crippen LogP contribution >= 0.6 is 0 Å². The van der Waals surface area contributed by atoms with Crippen molar-refractivity contribution in [2.24, 2.45) is 0 Å². The summed E-state index contributed by atoms with van der Waals surface area (Å²) in [7, 11) is 5.37. The highest BCUT2D eigenvalue weighted by atomic mass is 16.5. The summed E-state index contributed by atoms with van der Waals surface area (Å²) in [5, 5.41) is 3.02. The molecule has 0 saturated heterocycles. The van der Waals surface area contributed by atoms with Gasteiger partial charge in [-0.15, -0.1) is 0 Å². The molecule has 1 aliphatic carbocycles. The Morgan fingerprint density at radius 1 is 1.35 bits per heavy atom. The molecule has 0 spiro atoms. The lowest BCUT2D eigenvalue weighted by atomic mass is 10.1. The Hall–Kier alpha value is -0.610. The Kier molecular flexibility index (Phi) is 6.52. The van der Waals surface area contributed by atoms with Gasteiger partial charge in [0.1, 0.15) is 6.04 Å². The molecule has 0 amide bonds. The maximum atomic E-state index is 11.5. The SMILES string of the molecule is CNC(CN(C)C1CCCCCC1)C(=O)OC. The van der Waals surface area contributed by atoms with Crippen molar-refractivity contribution in [3.8, 4) is 0 Å². The van der Waals surface area contributed by atoms with Crippen LogP contribution in [-0.2, 0) is 9.53 Å². The molecule has 4 heteroatoms. The van der Waals surface area contributed by atoms with Crippen molar-refractivity contribution in [1.82, 2.24) is 10.2 Å². The largest absolute Gasteiger partial charge is 0.468 e. The Morgan fingerprint density at radius 2 is 1.94 bits per heavy atom. The van der Waals surface area contributed by atoms with E-state index in [1.54, 1.807) is 0 Å². The predicted molar refractivity (Wildman–Crippen MR) is 69.0 cm³/mol. The first-order chi connectivity index (χ1) is 8.19. The van der Waals surface area contributed by atoms with E-state index in [9.17, 15) is 4.79 Å². The van der Waals surface area contributed by atoms with E-state index in [1.165, 1.54) is 45.6 Å². The van der Waals surface area contributed by atoms with Crippen LogP contribution in [0.15, 0.2) is 0 Å². The molecule has 0 radical (unpaired) electrons. The van der Waals surface area contributed by atoms with Crippen LogP contribution in [0, 0.1) is 0 Å². The van der Waals surface area contributed by atoms with E-state index in [0.717, 1.165) is 6.54 Å². The number of hydrogen-bond donors (Lipinski definition) is 1. The zero-order chi connectivity index (χ0) is 12.7. The van der Waals surface area contributed by atoms with Crippen molar-refractivity contribution in [2.75, 3.05) is 27.7 Å². The molecule has 1 atom stereocenters. The lowest BCUT2D eigenvalue weighted by Crippen LogP contribution is -2.47. The summed E-state index contributed by atoms with van der Waals surface area (Å²) in [5.41, 5.74) is 0. The molecule has 1 N–H and O–H groups in total. The van der Waals surface area contributed by atoms with E-state index in [4.69, 9.17) is 4.74 Å². The molecule has 4 nitrogen and oxygen atoms in total. The minimum Gasteiger partial charge on any atom is -0.468 e. The maximum Gasteiger partial charge on any atom is 0.324 e. The summed E-state index contributed by atoms with van der Waals surface area (Å²) in [6.45, 7) is 0.730. The second-order valence-corrected chi connectivity index (χ2v) is 4.95. The van der Waals surface area contributed by atoms with Crippen LogP contribution in [0.2, 0.25) is 0 Å². The molecule has 1 rings (SSSR count). The number of likely N-dealkylation sites (N-methyl/N-ethyl adjacent to an activating group) is 2. The van der Waals surface area contributed by atoms with Crippen LogP contribution in [-0.4, -0.2) is 50.7 Å². The van der Waals surface area contributed by atoms with Crippen molar-refractivity contribution in [2.45, 2.75) is 50.6 Å². The normalized spacial score (nSPS) is 20.0. The highest BCUT2D eigenvalue weighted by molar-refractivity contribution is 5.75. The summed E-state index contributed by atoms with van der Waals surface area (Å²) >= 11 is 0. The quantitative estimate of drug-likeness (QED) is 0.584. The van der Waals surface area contributed by atoms with Gasteiger partial charge in [-0.25, -0.2) is 0 Å². The van der Waals surface area contributed by atoms with Crippen LogP contribution in [0.1, 0.15) is 38.5 Å². The number of ether oxygens (including phenoxy) is 1. The average molecular weight is 242 g/mol. The molecular weight excluding hydrogens is 216 g/mol. The van der Waals surface area contributed by atoms with E-state index in [-0.39, 0.29) is 12.0 Å². The fourth-order valence-corrected chi connectivity index (χ4v) is 2.56. The van der Waals surface area contributed by atoms with Gasteiger partial charge < -0.3 is 15.0 Å². The first kappa shape index (κ1) is 14.5. The van der Waals surface area contributed by atoms with Crippen molar-refractivity contribution < 1.29 is 9.53 Å². The third kappa shape index (κ3) is 4.64. The summed E-state index contributed by atoms with van der Waals surface area (Å²) < 4.78 is 4.79. The summed E-state index contributed by atoms with van der Waals surface area (Å²) in [5.74, 6) is -0.173. The van der Waals surface area contributed by atoms with Crippen molar-refractivity contribution in [1.29, 1.82) is 0 Å². The molecule has 100 valence electrons. The lowest BCUT2D eigenvalue weighted by molar-refractivity contribution is -0.143. The molecule has 1 aliphatic rings. The van der Waals surface area contributed by atoms with Gasteiger partial charge in [0.15, 0.2) is 0 Å². The van der Waals surface area contributed by atoms with E-state index < -0.39 is 0 Å². The number of hydrogen-bond acceptors (Lipinski definition) is 4. The second kappa shape index (κ2) is 7.67. The fraction of sp³-hybridized carbons (Fsp3) is 0.923. The fourth-order valence-electron chi connectivity index (χ4n) is 2.56. The summed E-state index contributed by atoms with van der Waals surface area (Å²) in [6.07, 6.45) is 7.87. The van der Waals surface area contributed by atoms with Crippen LogP contribution in [0.5, 0.6) is 0 Å². The Balaban J connectivity index is 2.44. The van der Waals surface area contributed by atoms with Gasteiger partial charge in [0.2, 0.25) is 0 Å². The molecular formula is C13H26N2O2. The molecule has 1 saturated carbocycles. The number of methoxy groups -OCH3 is 1. The second-order valence-electron chi connectivity index (χ2n) is 4.95. The minimum absolute atomic E-state index is 0.173. The van der Waals surface area contributed by atoms with E-state index >= 15 is 0 Å². The molecule has 0 aromatic heterocycles. The van der Waals surface area contributed by atoms with Gasteiger partial charge in [-0.1, -0.05) is 25.7 Å². The van der Waals surface area contributed by atoms with Gasteiger partial charge >= 0.3 is 5.97 Å². The monoisotopic (exact) mass is 242 g/mol. The number of rotatable bonds is 5. The van der Waals surface area contributed by atoms with Crippen molar-refractivity contribution in [3.05, 3.63) is 0 Å². The number of carbonyl (C=O) groups is 1. The Morgan fingerprint density at radius 3 is 2.41 bits per heavy atom. The van der Waals surface area contributed by atoms with Crippen LogP contribution in [0.4, 0.5) is 0 Å². The van der Waals surface area contributed by atoms with Gasteiger partial charge in [0, 0.05) is 12.6 Å².